The molecule has 2 rings (SSSR count). The van der Waals surface area contributed by atoms with E-state index in [0.29, 0.717) is 16.6 Å². The SMILES string of the molecule is CN1CCC(CNC(=O)c2cc(Cl)ccn2)CC1. The van der Waals surface area contributed by atoms with Crippen molar-refractivity contribution in [2.75, 3.05) is 26.7 Å². The maximum absolute atomic E-state index is 11.9. The predicted octanol–water partition coefficient (Wildman–Crippen LogP) is 1.81. The number of hydrogen-bond donors (Lipinski definition) is 1. The molecule has 1 fully saturated rings. The number of aromatic nitrogens is 1. The van der Waals surface area contributed by atoms with Gasteiger partial charge in [0.15, 0.2) is 0 Å². The fourth-order valence-corrected chi connectivity index (χ4v) is 2.28. The van der Waals surface area contributed by atoms with Gasteiger partial charge in [0.1, 0.15) is 5.69 Å². The van der Waals surface area contributed by atoms with Gasteiger partial charge in [-0.15, -0.1) is 0 Å². The van der Waals surface area contributed by atoms with Crippen molar-refractivity contribution in [2.45, 2.75) is 12.8 Å². The van der Waals surface area contributed by atoms with Crippen LogP contribution in [-0.2, 0) is 0 Å². The number of pyridine rings is 1. The van der Waals surface area contributed by atoms with Crippen molar-refractivity contribution >= 4 is 17.5 Å². The summed E-state index contributed by atoms with van der Waals surface area (Å²) in [6, 6.07) is 3.25. The van der Waals surface area contributed by atoms with E-state index < -0.39 is 0 Å². The minimum atomic E-state index is -0.142. The minimum Gasteiger partial charge on any atom is -0.350 e. The second-order valence-corrected chi connectivity index (χ2v) is 5.25. The second kappa shape index (κ2) is 6.16. The van der Waals surface area contributed by atoms with Crippen molar-refractivity contribution in [3.05, 3.63) is 29.0 Å². The lowest BCUT2D eigenvalue weighted by atomic mass is 9.97. The summed E-state index contributed by atoms with van der Waals surface area (Å²) in [4.78, 5) is 18.2. The van der Waals surface area contributed by atoms with Gasteiger partial charge < -0.3 is 10.2 Å². The molecule has 0 aromatic carbocycles. The zero-order chi connectivity index (χ0) is 13.0. The molecular formula is C13H18ClN3O. The summed E-state index contributed by atoms with van der Waals surface area (Å²) in [7, 11) is 2.13. The van der Waals surface area contributed by atoms with Crippen molar-refractivity contribution in [3.8, 4) is 0 Å². The summed E-state index contributed by atoms with van der Waals surface area (Å²) in [6.07, 6.45) is 3.83. The Labute approximate surface area is 112 Å². The standard InChI is InChI=1S/C13H18ClN3O/c1-17-6-3-10(4-7-17)9-16-13(18)12-8-11(14)2-5-15-12/h2,5,8,10H,3-4,6-7,9H2,1H3,(H,16,18). The Balaban J connectivity index is 1.81. The summed E-state index contributed by atoms with van der Waals surface area (Å²) >= 11 is 5.83. The van der Waals surface area contributed by atoms with Gasteiger partial charge in [0, 0.05) is 17.8 Å². The summed E-state index contributed by atoms with van der Waals surface area (Å²) in [5, 5.41) is 3.47. The second-order valence-electron chi connectivity index (χ2n) is 4.82. The molecule has 5 heteroatoms. The molecule has 18 heavy (non-hydrogen) atoms. The molecule has 0 bridgehead atoms. The number of halogens is 1. The zero-order valence-corrected chi connectivity index (χ0v) is 11.3. The van der Waals surface area contributed by atoms with E-state index in [-0.39, 0.29) is 5.91 Å². The van der Waals surface area contributed by atoms with Crippen LogP contribution >= 0.6 is 11.6 Å². The lowest BCUT2D eigenvalue weighted by Gasteiger charge is -2.28. The first-order valence-corrected chi connectivity index (χ1v) is 6.61. The van der Waals surface area contributed by atoms with Gasteiger partial charge >= 0.3 is 0 Å². The molecule has 98 valence electrons. The fraction of sp³-hybridized carbons (Fsp3) is 0.538. The number of likely N-dealkylation sites (tertiary alicyclic amines) is 1. The highest BCUT2D eigenvalue weighted by atomic mass is 35.5. The van der Waals surface area contributed by atoms with Crippen LogP contribution in [0.25, 0.3) is 0 Å². The van der Waals surface area contributed by atoms with Gasteiger partial charge in [-0.2, -0.15) is 0 Å². The first-order valence-electron chi connectivity index (χ1n) is 6.23. The topological polar surface area (TPSA) is 45.2 Å². The Bertz CT molecular complexity index is 416. The molecule has 0 unspecified atom stereocenters. The summed E-state index contributed by atoms with van der Waals surface area (Å²) < 4.78 is 0. The van der Waals surface area contributed by atoms with Gasteiger partial charge in [-0.1, -0.05) is 11.6 Å². The van der Waals surface area contributed by atoms with E-state index in [1.165, 1.54) is 0 Å². The molecule has 0 aliphatic carbocycles. The van der Waals surface area contributed by atoms with Crippen molar-refractivity contribution in [2.24, 2.45) is 5.92 Å². The summed E-state index contributed by atoms with van der Waals surface area (Å²) in [6.45, 7) is 2.94. The van der Waals surface area contributed by atoms with E-state index in [4.69, 9.17) is 11.6 Å². The van der Waals surface area contributed by atoms with Gasteiger partial charge in [-0.3, -0.25) is 9.78 Å². The van der Waals surface area contributed by atoms with Gasteiger partial charge in [-0.25, -0.2) is 0 Å². The maximum atomic E-state index is 11.9. The highest BCUT2D eigenvalue weighted by Gasteiger charge is 2.17. The molecule has 1 N–H and O–H groups in total. The van der Waals surface area contributed by atoms with Crippen LogP contribution in [0.2, 0.25) is 5.02 Å². The highest BCUT2D eigenvalue weighted by Crippen LogP contribution is 2.15. The molecule has 0 saturated carbocycles. The van der Waals surface area contributed by atoms with Crippen LogP contribution in [0.3, 0.4) is 0 Å². The zero-order valence-electron chi connectivity index (χ0n) is 10.5. The first kappa shape index (κ1) is 13.3. The van der Waals surface area contributed by atoms with Crippen molar-refractivity contribution in [3.63, 3.8) is 0 Å². The smallest absolute Gasteiger partial charge is 0.269 e. The van der Waals surface area contributed by atoms with Crippen LogP contribution in [0.4, 0.5) is 0 Å². The van der Waals surface area contributed by atoms with E-state index in [1.807, 2.05) is 0 Å². The van der Waals surface area contributed by atoms with Crippen LogP contribution in [0.5, 0.6) is 0 Å². The third-order valence-corrected chi connectivity index (χ3v) is 3.58. The molecule has 1 aromatic heterocycles. The average molecular weight is 268 g/mol. The number of hydrogen-bond acceptors (Lipinski definition) is 3. The number of piperidine rings is 1. The molecule has 0 radical (unpaired) electrons. The quantitative estimate of drug-likeness (QED) is 0.908. The van der Waals surface area contributed by atoms with Gasteiger partial charge in [0.25, 0.3) is 5.91 Å². The molecule has 0 spiro atoms. The third-order valence-electron chi connectivity index (χ3n) is 3.34. The van der Waals surface area contributed by atoms with Gasteiger partial charge in [-0.05, 0) is 51.0 Å². The van der Waals surface area contributed by atoms with Crippen molar-refractivity contribution in [1.82, 2.24) is 15.2 Å². The van der Waals surface area contributed by atoms with Crippen LogP contribution < -0.4 is 5.32 Å². The molecule has 1 saturated heterocycles. The largest absolute Gasteiger partial charge is 0.350 e. The Morgan fingerprint density at radius 3 is 2.94 bits per heavy atom. The monoisotopic (exact) mass is 267 g/mol. The molecular weight excluding hydrogens is 250 g/mol. The van der Waals surface area contributed by atoms with Crippen molar-refractivity contribution < 1.29 is 4.79 Å². The Morgan fingerprint density at radius 2 is 2.28 bits per heavy atom. The molecule has 4 nitrogen and oxygen atoms in total. The molecule has 1 aliphatic rings. The fourth-order valence-electron chi connectivity index (χ4n) is 2.12. The highest BCUT2D eigenvalue weighted by molar-refractivity contribution is 6.30. The Hall–Kier alpha value is -1.13. The van der Waals surface area contributed by atoms with Crippen LogP contribution in [-0.4, -0.2) is 42.5 Å². The number of carbonyl (C=O) groups is 1. The molecule has 2 heterocycles. The number of nitrogens with one attached hydrogen (secondary N) is 1. The Morgan fingerprint density at radius 1 is 1.56 bits per heavy atom. The predicted molar refractivity (Wildman–Crippen MR) is 71.8 cm³/mol. The number of rotatable bonds is 3. The van der Waals surface area contributed by atoms with Gasteiger partial charge in [0.05, 0.1) is 0 Å². The lowest BCUT2D eigenvalue weighted by molar-refractivity contribution is 0.0934. The minimum absolute atomic E-state index is 0.142. The first-order chi connectivity index (χ1) is 8.65. The lowest BCUT2D eigenvalue weighted by Crippen LogP contribution is -2.37. The summed E-state index contributed by atoms with van der Waals surface area (Å²) in [5.41, 5.74) is 0.385. The van der Waals surface area contributed by atoms with E-state index in [9.17, 15) is 4.79 Å². The van der Waals surface area contributed by atoms with Crippen molar-refractivity contribution in [1.29, 1.82) is 0 Å². The molecule has 1 aromatic rings. The molecule has 1 amide bonds. The van der Waals surface area contributed by atoms with Crippen LogP contribution in [0.1, 0.15) is 23.3 Å². The maximum Gasteiger partial charge on any atom is 0.269 e. The molecule has 1 aliphatic heterocycles. The van der Waals surface area contributed by atoms with E-state index in [1.54, 1.807) is 18.3 Å². The van der Waals surface area contributed by atoms with Gasteiger partial charge in [0.2, 0.25) is 0 Å². The van der Waals surface area contributed by atoms with Crippen LogP contribution in [0.15, 0.2) is 18.3 Å². The average Bonchev–Trinajstić information content (AvgIpc) is 2.38. The third kappa shape index (κ3) is 3.68. The van der Waals surface area contributed by atoms with Crippen LogP contribution in [0, 0.1) is 5.92 Å². The normalized spacial score (nSPS) is 17.7. The number of nitrogens with zero attached hydrogens (tertiary/aromatic N) is 2. The molecule has 0 atom stereocenters. The number of amides is 1. The summed E-state index contributed by atoms with van der Waals surface area (Å²) in [5.74, 6) is 0.431. The van der Waals surface area contributed by atoms with E-state index in [2.05, 4.69) is 22.2 Å². The Kier molecular flexibility index (Phi) is 4.55. The van der Waals surface area contributed by atoms with E-state index in [0.717, 1.165) is 32.5 Å². The number of carbonyl (C=O) groups excluding carboxylic acids is 1. The van der Waals surface area contributed by atoms with E-state index >= 15 is 0 Å².